The number of halogens is 3. The van der Waals surface area contributed by atoms with Crippen molar-refractivity contribution in [2.24, 2.45) is 10.9 Å². The van der Waals surface area contributed by atoms with Crippen molar-refractivity contribution in [1.29, 1.82) is 5.41 Å². The van der Waals surface area contributed by atoms with Crippen LogP contribution in [0.3, 0.4) is 0 Å². The summed E-state index contributed by atoms with van der Waals surface area (Å²) in [4.78, 5) is 37.7. The molecule has 0 spiro atoms. The summed E-state index contributed by atoms with van der Waals surface area (Å²) >= 11 is 0. The van der Waals surface area contributed by atoms with Crippen LogP contribution in [0.4, 0.5) is 13.2 Å². The number of rotatable bonds is 12. The molecule has 17 heteroatoms. The van der Waals surface area contributed by atoms with Crippen LogP contribution in [0.1, 0.15) is 43.7 Å². The van der Waals surface area contributed by atoms with Gasteiger partial charge in [-0.05, 0) is 12.0 Å². The van der Waals surface area contributed by atoms with Gasteiger partial charge in [-0.1, -0.05) is 42.8 Å². The highest BCUT2D eigenvalue weighted by Crippen LogP contribution is 2.19. The Morgan fingerprint density at radius 3 is 2.29 bits per heavy atom. The number of sulfonamides is 1. The van der Waals surface area contributed by atoms with E-state index < -0.39 is 46.2 Å². The number of hydrogen-bond donors (Lipinski definition) is 6. The van der Waals surface area contributed by atoms with E-state index >= 15 is 0 Å². The van der Waals surface area contributed by atoms with Crippen molar-refractivity contribution in [2.75, 3.05) is 12.3 Å². The molecule has 0 saturated heterocycles. The minimum absolute atomic E-state index is 0.0435. The maximum Gasteiger partial charge on any atom is 0.490 e. The van der Waals surface area contributed by atoms with E-state index in [2.05, 4.69) is 15.2 Å². The Bertz CT molecular complexity index is 1140. The van der Waals surface area contributed by atoms with Gasteiger partial charge in [0.15, 0.2) is 0 Å². The minimum Gasteiger partial charge on any atom is -0.480 e. The number of carbonyl (C=O) groups is 3. The number of nitrogen functional groups attached to an aromatic ring is 1. The van der Waals surface area contributed by atoms with Crippen LogP contribution in [-0.2, 0) is 29.2 Å². The minimum atomic E-state index is -5.08. The average molecular weight is 568 g/mol. The SMILES string of the molecule is CCCCS(=O)(=O)N[C@@H](CNC(=O)CC1CC(c2ccc(C(=N)N)cc2)=NO1)C(=O)O.O=C(O)C(F)(F)F. The maximum absolute atomic E-state index is 12.2. The number of carboxylic acid groups (broad SMARTS) is 2. The van der Waals surface area contributed by atoms with E-state index in [-0.39, 0.29) is 24.6 Å². The summed E-state index contributed by atoms with van der Waals surface area (Å²) in [5.41, 5.74) is 7.43. The largest absolute Gasteiger partial charge is 0.490 e. The molecule has 1 aromatic carbocycles. The molecule has 0 aromatic heterocycles. The fourth-order valence-corrected chi connectivity index (χ4v) is 4.24. The predicted molar refractivity (Wildman–Crippen MR) is 128 cm³/mol. The van der Waals surface area contributed by atoms with Crippen molar-refractivity contribution in [3.05, 3.63) is 35.4 Å². The molecule has 212 valence electrons. The second kappa shape index (κ2) is 14.3. The predicted octanol–water partition coefficient (Wildman–Crippen LogP) is 0.776. The van der Waals surface area contributed by atoms with Gasteiger partial charge in [-0.25, -0.2) is 13.2 Å². The van der Waals surface area contributed by atoms with E-state index in [0.29, 0.717) is 30.5 Å². The zero-order valence-corrected chi connectivity index (χ0v) is 20.9. The van der Waals surface area contributed by atoms with Crippen molar-refractivity contribution in [1.82, 2.24) is 10.0 Å². The lowest BCUT2D eigenvalue weighted by Crippen LogP contribution is -2.49. The number of nitrogens with zero attached hydrogens (tertiary/aromatic N) is 1. The van der Waals surface area contributed by atoms with E-state index in [9.17, 15) is 36.3 Å². The number of oxime groups is 1. The Balaban J connectivity index is 0.000000905. The number of amides is 1. The molecule has 1 aromatic rings. The lowest BCUT2D eigenvalue weighted by molar-refractivity contribution is -0.192. The van der Waals surface area contributed by atoms with Crippen LogP contribution >= 0.6 is 0 Å². The third kappa shape index (κ3) is 11.5. The third-order valence-electron chi connectivity index (χ3n) is 4.81. The van der Waals surface area contributed by atoms with Crippen LogP contribution < -0.4 is 15.8 Å². The van der Waals surface area contributed by atoms with Gasteiger partial charge in [-0.15, -0.1) is 0 Å². The highest BCUT2D eigenvalue weighted by Gasteiger charge is 2.38. The molecule has 0 bridgehead atoms. The summed E-state index contributed by atoms with van der Waals surface area (Å²) in [6, 6.07) is 5.43. The Morgan fingerprint density at radius 2 is 1.82 bits per heavy atom. The van der Waals surface area contributed by atoms with Crippen molar-refractivity contribution >= 4 is 39.4 Å². The molecule has 2 rings (SSSR count). The first-order valence-corrected chi connectivity index (χ1v) is 12.7. The van der Waals surface area contributed by atoms with Crippen LogP contribution in [0.5, 0.6) is 0 Å². The quantitative estimate of drug-likeness (QED) is 0.155. The monoisotopic (exact) mass is 567 g/mol. The molecular weight excluding hydrogens is 539 g/mol. The first-order valence-electron chi connectivity index (χ1n) is 11.0. The number of nitrogens with two attached hydrogens (primary N) is 1. The first kappa shape index (κ1) is 32.3. The molecule has 1 amide bonds. The summed E-state index contributed by atoms with van der Waals surface area (Å²) in [6.07, 6.45) is -4.23. The molecule has 1 heterocycles. The van der Waals surface area contributed by atoms with Gasteiger partial charge in [0.2, 0.25) is 15.9 Å². The molecule has 13 nitrogen and oxygen atoms in total. The molecular formula is C21H28F3N5O8S. The Kier molecular flexibility index (Phi) is 12.1. The molecule has 2 atom stereocenters. The van der Waals surface area contributed by atoms with Gasteiger partial charge >= 0.3 is 18.1 Å². The molecule has 0 fully saturated rings. The Morgan fingerprint density at radius 1 is 1.24 bits per heavy atom. The number of amidine groups is 1. The van der Waals surface area contributed by atoms with Crippen molar-refractivity contribution in [2.45, 2.75) is 50.9 Å². The number of aliphatic carboxylic acids is 2. The molecule has 0 aliphatic carbocycles. The topological polar surface area (TPSA) is 221 Å². The number of nitrogens with one attached hydrogen (secondary N) is 3. The number of carboxylic acids is 2. The summed E-state index contributed by atoms with van der Waals surface area (Å²) < 4.78 is 57.7. The highest BCUT2D eigenvalue weighted by atomic mass is 32.2. The second-order valence-corrected chi connectivity index (χ2v) is 9.83. The standard InChI is InChI=1S/C19H27N5O6S.C2HF3O2/c1-2-3-8-31(28,29)24-16(19(26)27)11-22-17(25)10-14-9-15(23-30-14)12-4-6-13(7-5-12)18(20)21;3-2(4,5)1(6)7/h4-7,14,16,24H,2-3,8-11H2,1H3,(H3,20,21)(H,22,25)(H,26,27);(H,6,7)/t14?,16-;/m0./s1. The van der Waals surface area contributed by atoms with Crippen LogP contribution in [-0.4, -0.2) is 78.6 Å². The van der Waals surface area contributed by atoms with Crippen molar-refractivity contribution in [3.8, 4) is 0 Å². The first-order chi connectivity index (χ1) is 17.6. The Hall–Kier alpha value is -3.73. The van der Waals surface area contributed by atoms with Gasteiger partial charge in [0.05, 0.1) is 17.9 Å². The van der Waals surface area contributed by atoms with Crippen molar-refractivity contribution in [3.63, 3.8) is 0 Å². The molecule has 0 saturated carbocycles. The van der Waals surface area contributed by atoms with Gasteiger partial charge in [-0.2, -0.15) is 17.9 Å². The normalized spacial score (nSPS) is 15.8. The molecule has 38 heavy (non-hydrogen) atoms. The second-order valence-electron chi connectivity index (χ2n) is 7.95. The highest BCUT2D eigenvalue weighted by molar-refractivity contribution is 7.89. The molecule has 1 aliphatic heterocycles. The van der Waals surface area contributed by atoms with E-state index in [4.69, 9.17) is 25.9 Å². The maximum atomic E-state index is 12.2. The number of benzene rings is 1. The number of carbonyl (C=O) groups excluding carboxylic acids is 1. The van der Waals surface area contributed by atoms with Gasteiger partial charge in [0, 0.05) is 18.5 Å². The zero-order chi connectivity index (χ0) is 29.1. The lowest BCUT2D eigenvalue weighted by atomic mass is 10.0. The van der Waals surface area contributed by atoms with E-state index in [0.717, 1.165) is 5.56 Å². The fourth-order valence-electron chi connectivity index (χ4n) is 2.83. The van der Waals surface area contributed by atoms with E-state index in [1.54, 1.807) is 24.3 Å². The average Bonchev–Trinajstić information content (AvgIpc) is 3.28. The number of alkyl halides is 3. The Labute approximate surface area is 215 Å². The summed E-state index contributed by atoms with van der Waals surface area (Å²) in [6.45, 7) is 1.44. The lowest BCUT2D eigenvalue weighted by Gasteiger charge is -2.16. The third-order valence-corrected chi connectivity index (χ3v) is 6.28. The van der Waals surface area contributed by atoms with Crippen LogP contribution in [0.2, 0.25) is 0 Å². The van der Waals surface area contributed by atoms with E-state index in [1.807, 2.05) is 6.92 Å². The molecule has 7 N–H and O–H groups in total. The molecule has 1 unspecified atom stereocenters. The van der Waals surface area contributed by atoms with Gasteiger partial charge in [0.25, 0.3) is 0 Å². The fraction of sp³-hybridized carbons (Fsp3) is 0.476. The number of unbranched alkanes of at least 4 members (excludes halogenated alkanes) is 1. The van der Waals surface area contributed by atoms with Crippen molar-refractivity contribution < 1.29 is 51.0 Å². The smallest absolute Gasteiger partial charge is 0.480 e. The van der Waals surface area contributed by atoms with E-state index in [1.165, 1.54) is 0 Å². The van der Waals surface area contributed by atoms with Gasteiger partial charge in [0.1, 0.15) is 18.0 Å². The van der Waals surface area contributed by atoms with Crippen LogP contribution in [0.25, 0.3) is 0 Å². The van der Waals surface area contributed by atoms with Gasteiger partial charge in [-0.3, -0.25) is 15.0 Å². The van der Waals surface area contributed by atoms with Crippen LogP contribution in [0, 0.1) is 5.41 Å². The summed E-state index contributed by atoms with van der Waals surface area (Å²) in [5, 5.41) is 30.2. The zero-order valence-electron chi connectivity index (χ0n) is 20.1. The number of hydrogen-bond acceptors (Lipinski definition) is 8. The molecule has 1 aliphatic rings. The molecule has 0 radical (unpaired) electrons. The van der Waals surface area contributed by atoms with Gasteiger partial charge < -0.3 is 26.1 Å². The summed E-state index contributed by atoms with van der Waals surface area (Å²) in [5.74, 6) is -4.83. The van der Waals surface area contributed by atoms with Crippen LogP contribution in [0.15, 0.2) is 29.4 Å². The summed E-state index contributed by atoms with van der Waals surface area (Å²) in [7, 11) is -3.75.